The van der Waals surface area contributed by atoms with Gasteiger partial charge in [0.05, 0.1) is 11.8 Å². The van der Waals surface area contributed by atoms with Crippen LogP contribution in [0.15, 0.2) is 12.3 Å². The molecular weight excluding hydrogens is 200 g/mol. The van der Waals surface area contributed by atoms with Crippen molar-refractivity contribution in [3.63, 3.8) is 0 Å². The molecule has 0 bridgehead atoms. The molecule has 16 heavy (non-hydrogen) atoms. The van der Waals surface area contributed by atoms with E-state index in [1.54, 1.807) is 12.3 Å². The second-order valence-corrected chi connectivity index (χ2v) is 4.22. The molecule has 0 aliphatic carbocycles. The molecule has 0 saturated carbocycles. The normalized spacial score (nSPS) is 17.1. The highest BCUT2D eigenvalue weighted by atomic mass is 15.3. The first-order valence-electron chi connectivity index (χ1n) is 5.82. The molecule has 4 heteroatoms. The lowest BCUT2D eigenvalue weighted by atomic mass is 9.94. The van der Waals surface area contributed by atoms with Crippen molar-refractivity contribution in [2.45, 2.75) is 26.2 Å². The Hall–Kier alpha value is -1.63. The van der Waals surface area contributed by atoms with Crippen LogP contribution in [-0.2, 0) is 0 Å². The smallest absolute Gasteiger partial charge is 0.169 e. The first kappa shape index (κ1) is 10.9. The number of hydrogen-bond donors (Lipinski definition) is 0. The van der Waals surface area contributed by atoms with Gasteiger partial charge in [0, 0.05) is 13.1 Å². The molecule has 1 aromatic heterocycles. The zero-order valence-corrected chi connectivity index (χ0v) is 9.56. The summed E-state index contributed by atoms with van der Waals surface area (Å²) in [5.74, 6) is 1.58. The summed E-state index contributed by atoms with van der Waals surface area (Å²) in [5, 5.41) is 16.9. The summed E-state index contributed by atoms with van der Waals surface area (Å²) in [7, 11) is 0. The summed E-state index contributed by atoms with van der Waals surface area (Å²) in [6.07, 6.45) is 5.20. The molecule has 0 N–H and O–H groups in total. The van der Waals surface area contributed by atoms with E-state index in [2.05, 4.69) is 28.1 Å². The molecule has 0 unspecified atom stereocenters. The fourth-order valence-electron chi connectivity index (χ4n) is 2.20. The number of nitrogens with zero attached hydrogens (tertiary/aromatic N) is 4. The lowest BCUT2D eigenvalue weighted by Crippen LogP contribution is -2.34. The number of rotatable bonds is 2. The van der Waals surface area contributed by atoms with Crippen LogP contribution in [0.1, 0.15) is 31.7 Å². The Balaban J connectivity index is 2.11. The maximum atomic E-state index is 9.00. The summed E-state index contributed by atoms with van der Waals surface area (Å²) < 4.78 is 0. The summed E-state index contributed by atoms with van der Waals surface area (Å²) in [5.41, 5.74) is 0.630. The van der Waals surface area contributed by atoms with Gasteiger partial charge in [-0.1, -0.05) is 13.3 Å². The van der Waals surface area contributed by atoms with Crippen molar-refractivity contribution in [2.24, 2.45) is 5.92 Å². The quantitative estimate of drug-likeness (QED) is 0.758. The molecule has 1 fully saturated rings. The van der Waals surface area contributed by atoms with Crippen molar-refractivity contribution >= 4 is 5.82 Å². The van der Waals surface area contributed by atoms with Crippen molar-refractivity contribution in [1.29, 1.82) is 5.26 Å². The van der Waals surface area contributed by atoms with Crippen LogP contribution in [0.5, 0.6) is 0 Å². The monoisotopic (exact) mass is 216 g/mol. The minimum Gasteiger partial charge on any atom is -0.354 e. The first-order chi connectivity index (χ1) is 7.85. The Morgan fingerprint density at radius 1 is 1.50 bits per heavy atom. The maximum Gasteiger partial charge on any atom is 0.169 e. The maximum absolute atomic E-state index is 9.00. The van der Waals surface area contributed by atoms with E-state index in [9.17, 15) is 0 Å². The van der Waals surface area contributed by atoms with Gasteiger partial charge in [-0.15, -0.1) is 5.10 Å². The van der Waals surface area contributed by atoms with Gasteiger partial charge in [-0.05, 0) is 24.8 Å². The molecule has 0 aromatic carbocycles. The highest BCUT2D eigenvalue weighted by Gasteiger charge is 2.20. The average Bonchev–Trinajstić information content (AvgIpc) is 2.39. The van der Waals surface area contributed by atoms with Crippen LogP contribution in [0.25, 0.3) is 0 Å². The van der Waals surface area contributed by atoms with Crippen LogP contribution in [0.2, 0.25) is 0 Å². The van der Waals surface area contributed by atoms with E-state index in [0.717, 1.165) is 24.8 Å². The molecule has 2 rings (SSSR count). The molecule has 0 spiro atoms. The highest BCUT2D eigenvalue weighted by molar-refractivity contribution is 5.52. The SMILES string of the molecule is CCC1CCN(c2nnccc2C#N)CC1. The number of hydrogen-bond acceptors (Lipinski definition) is 4. The third-order valence-electron chi connectivity index (χ3n) is 3.31. The van der Waals surface area contributed by atoms with Crippen molar-refractivity contribution in [1.82, 2.24) is 10.2 Å². The lowest BCUT2D eigenvalue weighted by molar-refractivity contribution is 0.393. The van der Waals surface area contributed by atoms with Gasteiger partial charge >= 0.3 is 0 Å². The minimum atomic E-state index is 0.630. The molecule has 84 valence electrons. The van der Waals surface area contributed by atoms with E-state index in [1.165, 1.54) is 19.3 Å². The summed E-state index contributed by atoms with van der Waals surface area (Å²) in [6, 6.07) is 3.90. The Bertz CT molecular complexity index is 388. The Morgan fingerprint density at radius 2 is 2.25 bits per heavy atom. The van der Waals surface area contributed by atoms with Crippen LogP contribution >= 0.6 is 0 Å². The van der Waals surface area contributed by atoms with E-state index >= 15 is 0 Å². The Morgan fingerprint density at radius 3 is 2.88 bits per heavy atom. The predicted molar refractivity (Wildman–Crippen MR) is 62.0 cm³/mol. The molecule has 2 heterocycles. The van der Waals surface area contributed by atoms with Crippen LogP contribution < -0.4 is 4.90 Å². The number of nitriles is 1. The van der Waals surface area contributed by atoms with E-state index in [0.29, 0.717) is 5.56 Å². The molecule has 0 radical (unpaired) electrons. The van der Waals surface area contributed by atoms with Gasteiger partial charge in [-0.25, -0.2) is 0 Å². The third kappa shape index (κ3) is 2.13. The lowest BCUT2D eigenvalue weighted by Gasteiger charge is -2.32. The van der Waals surface area contributed by atoms with Crippen LogP contribution in [0, 0.1) is 17.2 Å². The molecule has 1 saturated heterocycles. The van der Waals surface area contributed by atoms with Crippen molar-refractivity contribution < 1.29 is 0 Å². The summed E-state index contributed by atoms with van der Waals surface area (Å²) in [6.45, 7) is 4.22. The molecule has 1 aliphatic heterocycles. The minimum absolute atomic E-state index is 0.630. The number of aromatic nitrogens is 2. The van der Waals surface area contributed by atoms with Gasteiger partial charge in [0.2, 0.25) is 0 Å². The molecule has 1 aromatic rings. The van der Waals surface area contributed by atoms with Gasteiger partial charge in [-0.3, -0.25) is 0 Å². The van der Waals surface area contributed by atoms with Gasteiger partial charge in [-0.2, -0.15) is 10.4 Å². The average molecular weight is 216 g/mol. The van der Waals surface area contributed by atoms with E-state index in [1.807, 2.05) is 0 Å². The van der Waals surface area contributed by atoms with E-state index < -0.39 is 0 Å². The van der Waals surface area contributed by atoms with Gasteiger partial charge in [0.1, 0.15) is 6.07 Å². The van der Waals surface area contributed by atoms with Crippen molar-refractivity contribution in [2.75, 3.05) is 18.0 Å². The van der Waals surface area contributed by atoms with Gasteiger partial charge < -0.3 is 4.90 Å². The predicted octanol–water partition coefficient (Wildman–Crippen LogP) is 1.97. The largest absolute Gasteiger partial charge is 0.354 e. The van der Waals surface area contributed by atoms with E-state index in [-0.39, 0.29) is 0 Å². The number of anilines is 1. The summed E-state index contributed by atoms with van der Waals surface area (Å²) >= 11 is 0. The second-order valence-electron chi connectivity index (χ2n) is 4.22. The third-order valence-corrected chi connectivity index (χ3v) is 3.31. The molecule has 0 atom stereocenters. The van der Waals surface area contributed by atoms with Gasteiger partial charge in [0.15, 0.2) is 5.82 Å². The zero-order valence-electron chi connectivity index (χ0n) is 9.56. The fraction of sp³-hybridized carbons (Fsp3) is 0.583. The van der Waals surface area contributed by atoms with Crippen LogP contribution in [-0.4, -0.2) is 23.3 Å². The standard InChI is InChI=1S/C12H16N4/c1-2-10-4-7-16(8-5-10)12-11(9-13)3-6-14-15-12/h3,6,10H,2,4-5,7-8H2,1H3. The van der Waals surface area contributed by atoms with Crippen molar-refractivity contribution in [3.05, 3.63) is 17.8 Å². The van der Waals surface area contributed by atoms with Gasteiger partial charge in [0.25, 0.3) is 0 Å². The van der Waals surface area contributed by atoms with Crippen molar-refractivity contribution in [3.8, 4) is 6.07 Å². The Labute approximate surface area is 95.9 Å². The van der Waals surface area contributed by atoms with Crippen LogP contribution in [0.4, 0.5) is 5.82 Å². The first-order valence-corrected chi connectivity index (χ1v) is 5.82. The van der Waals surface area contributed by atoms with E-state index in [4.69, 9.17) is 5.26 Å². The topological polar surface area (TPSA) is 52.8 Å². The Kier molecular flexibility index (Phi) is 3.35. The zero-order chi connectivity index (χ0) is 11.4. The second kappa shape index (κ2) is 4.93. The molecular formula is C12H16N4. The summed E-state index contributed by atoms with van der Waals surface area (Å²) in [4.78, 5) is 2.18. The number of piperidine rings is 1. The molecule has 1 aliphatic rings. The molecule has 4 nitrogen and oxygen atoms in total. The van der Waals surface area contributed by atoms with Crippen LogP contribution in [0.3, 0.4) is 0 Å². The fourth-order valence-corrected chi connectivity index (χ4v) is 2.20. The highest BCUT2D eigenvalue weighted by Crippen LogP contribution is 2.24. The molecule has 0 amide bonds.